The van der Waals surface area contributed by atoms with Gasteiger partial charge in [-0.25, -0.2) is 4.39 Å². The molecule has 1 aromatic rings. The van der Waals surface area contributed by atoms with Crippen LogP contribution in [0.5, 0.6) is 0 Å². The van der Waals surface area contributed by atoms with Crippen molar-refractivity contribution in [1.82, 2.24) is 5.32 Å². The Kier molecular flexibility index (Phi) is 6.69. The second-order valence-corrected chi connectivity index (χ2v) is 7.13. The summed E-state index contributed by atoms with van der Waals surface area (Å²) in [7, 11) is 0. The largest absolute Gasteiger partial charge is 0.310 e. The van der Waals surface area contributed by atoms with Crippen molar-refractivity contribution >= 4 is 15.9 Å². The van der Waals surface area contributed by atoms with E-state index in [1.54, 1.807) is 6.07 Å². The van der Waals surface area contributed by atoms with Gasteiger partial charge in [0.1, 0.15) is 5.82 Å². The Bertz CT molecular complexity index is 449. The van der Waals surface area contributed by atoms with Gasteiger partial charge in [-0.05, 0) is 59.6 Å². The van der Waals surface area contributed by atoms with Gasteiger partial charge in [0.25, 0.3) is 0 Å². The molecule has 1 fully saturated rings. The molecule has 118 valence electrons. The zero-order chi connectivity index (χ0) is 15.2. The standard InChI is InChI=1S/C18H27BrFN/c1-3-11-21-18(14-8-5-7-13(4-2)12-14)15-9-6-10-16(19)17(15)20/h6,9-10,13-14,18,21H,3-5,7-8,11-12H2,1-2H3. The molecule has 0 spiro atoms. The van der Waals surface area contributed by atoms with Gasteiger partial charge in [-0.1, -0.05) is 45.2 Å². The lowest BCUT2D eigenvalue weighted by atomic mass is 9.75. The lowest BCUT2D eigenvalue weighted by Crippen LogP contribution is -2.32. The second kappa shape index (κ2) is 8.28. The molecule has 0 bridgehead atoms. The number of nitrogens with one attached hydrogen (secondary N) is 1. The minimum absolute atomic E-state index is 0.0928. The zero-order valence-electron chi connectivity index (χ0n) is 13.2. The average molecular weight is 356 g/mol. The van der Waals surface area contributed by atoms with Gasteiger partial charge in [0.05, 0.1) is 4.47 Å². The third-order valence-corrected chi connectivity index (χ3v) is 5.42. The van der Waals surface area contributed by atoms with Crippen LogP contribution in [-0.2, 0) is 0 Å². The van der Waals surface area contributed by atoms with Crippen molar-refractivity contribution in [3.8, 4) is 0 Å². The van der Waals surface area contributed by atoms with E-state index >= 15 is 0 Å². The van der Waals surface area contributed by atoms with Crippen LogP contribution in [0.1, 0.15) is 64.0 Å². The molecule has 0 heterocycles. The SMILES string of the molecule is CCCNC(c1cccc(Br)c1F)C1CCCC(CC)C1. The first-order valence-electron chi connectivity index (χ1n) is 8.34. The summed E-state index contributed by atoms with van der Waals surface area (Å²) in [5.41, 5.74) is 0.833. The van der Waals surface area contributed by atoms with Gasteiger partial charge in [-0.3, -0.25) is 0 Å². The first-order chi connectivity index (χ1) is 10.2. The summed E-state index contributed by atoms with van der Waals surface area (Å²) in [5.74, 6) is 1.27. The molecule has 0 amide bonds. The average Bonchev–Trinajstić information content (AvgIpc) is 2.52. The number of hydrogen-bond donors (Lipinski definition) is 1. The molecule has 2 rings (SSSR count). The van der Waals surface area contributed by atoms with Gasteiger partial charge in [-0.15, -0.1) is 0 Å². The molecule has 0 saturated heterocycles. The predicted molar refractivity (Wildman–Crippen MR) is 90.9 cm³/mol. The summed E-state index contributed by atoms with van der Waals surface area (Å²) in [5, 5.41) is 3.61. The van der Waals surface area contributed by atoms with E-state index in [1.165, 1.54) is 32.1 Å². The molecule has 1 aromatic carbocycles. The fraction of sp³-hybridized carbons (Fsp3) is 0.667. The maximum Gasteiger partial charge on any atom is 0.142 e. The molecule has 21 heavy (non-hydrogen) atoms. The lowest BCUT2D eigenvalue weighted by Gasteiger charge is -2.35. The van der Waals surface area contributed by atoms with Gasteiger partial charge < -0.3 is 5.32 Å². The molecule has 1 aliphatic carbocycles. The third kappa shape index (κ3) is 4.29. The number of halogens is 2. The van der Waals surface area contributed by atoms with E-state index in [0.29, 0.717) is 10.4 Å². The van der Waals surface area contributed by atoms with Gasteiger partial charge >= 0.3 is 0 Å². The Hall–Kier alpha value is -0.410. The highest BCUT2D eigenvalue weighted by Gasteiger charge is 2.30. The molecule has 1 N–H and O–H groups in total. The van der Waals surface area contributed by atoms with Crippen molar-refractivity contribution in [1.29, 1.82) is 0 Å². The monoisotopic (exact) mass is 355 g/mol. The summed E-state index contributed by atoms with van der Waals surface area (Å²) < 4.78 is 15.1. The molecule has 1 nitrogen and oxygen atoms in total. The Morgan fingerprint density at radius 3 is 2.86 bits per heavy atom. The van der Waals surface area contributed by atoms with E-state index < -0.39 is 0 Å². The third-order valence-electron chi connectivity index (χ3n) is 4.80. The molecule has 3 atom stereocenters. The van der Waals surface area contributed by atoms with Crippen molar-refractivity contribution < 1.29 is 4.39 Å². The second-order valence-electron chi connectivity index (χ2n) is 6.28. The summed E-state index contributed by atoms with van der Waals surface area (Å²) >= 11 is 3.33. The van der Waals surface area contributed by atoms with Gasteiger partial charge in [0.15, 0.2) is 0 Å². The maximum atomic E-state index is 14.5. The summed E-state index contributed by atoms with van der Waals surface area (Å²) in [6.07, 6.45) is 7.39. The van der Waals surface area contributed by atoms with Crippen molar-refractivity contribution in [3.63, 3.8) is 0 Å². The molecular weight excluding hydrogens is 329 g/mol. The first-order valence-corrected chi connectivity index (χ1v) is 9.13. The van der Waals surface area contributed by atoms with Crippen LogP contribution in [0.15, 0.2) is 22.7 Å². The normalized spacial score (nSPS) is 24.0. The first kappa shape index (κ1) is 17.0. The molecule has 3 heteroatoms. The molecule has 3 unspecified atom stereocenters. The number of hydrogen-bond acceptors (Lipinski definition) is 1. The molecule has 1 saturated carbocycles. The predicted octanol–water partition coefficient (Wildman–Crippen LogP) is 5.85. The van der Waals surface area contributed by atoms with Crippen LogP contribution in [0.3, 0.4) is 0 Å². The van der Waals surface area contributed by atoms with E-state index in [2.05, 4.69) is 35.1 Å². The lowest BCUT2D eigenvalue weighted by molar-refractivity contribution is 0.206. The van der Waals surface area contributed by atoms with Crippen molar-refractivity contribution in [3.05, 3.63) is 34.1 Å². The van der Waals surface area contributed by atoms with E-state index in [1.807, 2.05) is 12.1 Å². The van der Waals surface area contributed by atoms with Gasteiger partial charge in [0, 0.05) is 11.6 Å². The quantitative estimate of drug-likeness (QED) is 0.675. The number of benzene rings is 1. The van der Waals surface area contributed by atoms with E-state index in [4.69, 9.17) is 0 Å². The molecule has 0 radical (unpaired) electrons. The maximum absolute atomic E-state index is 14.5. The topological polar surface area (TPSA) is 12.0 Å². The Morgan fingerprint density at radius 1 is 1.33 bits per heavy atom. The van der Waals surface area contributed by atoms with Crippen LogP contribution < -0.4 is 5.32 Å². The Morgan fingerprint density at radius 2 is 2.14 bits per heavy atom. The van der Waals surface area contributed by atoms with Crippen LogP contribution in [0.25, 0.3) is 0 Å². The molecule has 1 aliphatic rings. The van der Waals surface area contributed by atoms with E-state index in [-0.39, 0.29) is 11.9 Å². The highest BCUT2D eigenvalue weighted by molar-refractivity contribution is 9.10. The Labute approximate surface area is 136 Å². The summed E-state index contributed by atoms with van der Waals surface area (Å²) in [6.45, 7) is 5.39. The van der Waals surface area contributed by atoms with E-state index in [0.717, 1.165) is 24.4 Å². The van der Waals surface area contributed by atoms with Crippen molar-refractivity contribution in [2.45, 2.75) is 58.4 Å². The minimum Gasteiger partial charge on any atom is -0.310 e. The van der Waals surface area contributed by atoms with Crippen LogP contribution in [0.4, 0.5) is 4.39 Å². The van der Waals surface area contributed by atoms with Crippen molar-refractivity contribution in [2.75, 3.05) is 6.54 Å². The van der Waals surface area contributed by atoms with Gasteiger partial charge in [0.2, 0.25) is 0 Å². The smallest absolute Gasteiger partial charge is 0.142 e. The van der Waals surface area contributed by atoms with Crippen molar-refractivity contribution in [2.24, 2.45) is 11.8 Å². The van der Waals surface area contributed by atoms with Crippen LogP contribution >= 0.6 is 15.9 Å². The van der Waals surface area contributed by atoms with Crippen LogP contribution in [0, 0.1) is 17.7 Å². The minimum atomic E-state index is -0.0928. The molecule has 0 aliphatic heterocycles. The van der Waals surface area contributed by atoms with Crippen LogP contribution in [-0.4, -0.2) is 6.54 Å². The van der Waals surface area contributed by atoms with E-state index in [9.17, 15) is 4.39 Å². The highest BCUT2D eigenvalue weighted by atomic mass is 79.9. The summed E-state index contributed by atoms with van der Waals surface area (Å²) in [6, 6.07) is 5.83. The molecule has 0 aromatic heterocycles. The zero-order valence-corrected chi connectivity index (χ0v) is 14.8. The van der Waals surface area contributed by atoms with Gasteiger partial charge in [-0.2, -0.15) is 0 Å². The highest BCUT2D eigenvalue weighted by Crippen LogP contribution is 2.39. The number of rotatable bonds is 6. The fourth-order valence-electron chi connectivity index (χ4n) is 3.60. The van der Waals surface area contributed by atoms with Crippen LogP contribution in [0.2, 0.25) is 0 Å². The fourth-order valence-corrected chi connectivity index (χ4v) is 3.98. The Balaban J connectivity index is 2.23. The summed E-state index contributed by atoms with van der Waals surface area (Å²) in [4.78, 5) is 0. The molecular formula is C18H27BrFN.